The molecule has 2 aliphatic heterocycles. The quantitative estimate of drug-likeness (QED) is 0.439. The minimum absolute atomic E-state index is 0.967. The molecule has 5 nitrogen and oxygen atoms in total. The highest BCUT2D eigenvalue weighted by molar-refractivity contribution is 5.99. The van der Waals surface area contributed by atoms with Crippen molar-refractivity contribution >= 4 is 28.6 Å². The maximum Gasteiger partial charge on any atom is 0.126 e. The summed E-state index contributed by atoms with van der Waals surface area (Å²) >= 11 is 0. The summed E-state index contributed by atoms with van der Waals surface area (Å²) in [7, 11) is 8.30. The summed E-state index contributed by atoms with van der Waals surface area (Å²) in [5.74, 6) is 0.967. The van der Waals surface area contributed by atoms with Crippen molar-refractivity contribution in [1.29, 1.82) is 0 Å². The SMILES string of the molecule is C/C(=N\N(C)c1cc2c3c(c1)CCCN3CCC2)N(C)c1ccccc1N(C)C. The van der Waals surface area contributed by atoms with Gasteiger partial charge in [-0.25, -0.2) is 0 Å². The van der Waals surface area contributed by atoms with Gasteiger partial charge in [0.1, 0.15) is 5.84 Å². The number of rotatable bonds is 4. The first-order chi connectivity index (χ1) is 14.0. The molecule has 0 atom stereocenters. The summed E-state index contributed by atoms with van der Waals surface area (Å²) in [6.07, 6.45) is 4.87. The zero-order valence-corrected chi connectivity index (χ0v) is 18.4. The first-order valence-electron chi connectivity index (χ1n) is 10.7. The van der Waals surface area contributed by atoms with E-state index in [-0.39, 0.29) is 0 Å². The third-order valence-electron chi connectivity index (χ3n) is 6.20. The fourth-order valence-corrected chi connectivity index (χ4v) is 4.61. The van der Waals surface area contributed by atoms with E-state index in [1.54, 1.807) is 0 Å². The molecule has 2 aliphatic rings. The second-order valence-electron chi connectivity index (χ2n) is 8.42. The summed E-state index contributed by atoms with van der Waals surface area (Å²) in [4.78, 5) is 6.89. The summed E-state index contributed by atoms with van der Waals surface area (Å²) in [6, 6.07) is 13.1. The number of para-hydroxylation sites is 2. The second-order valence-corrected chi connectivity index (χ2v) is 8.42. The van der Waals surface area contributed by atoms with Gasteiger partial charge in [-0.3, -0.25) is 5.01 Å². The molecule has 154 valence electrons. The Morgan fingerprint density at radius 1 is 0.897 bits per heavy atom. The van der Waals surface area contributed by atoms with Gasteiger partial charge in [0.05, 0.1) is 17.1 Å². The Labute approximate surface area is 175 Å². The molecule has 0 saturated carbocycles. The molecule has 2 heterocycles. The molecule has 0 spiro atoms. The number of amidine groups is 1. The van der Waals surface area contributed by atoms with E-state index >= 15 is 0 Å². The molecule has 2 aromatic carbocycles. The molecule has 2 aromatic rings. The molecule has 0 fully saturated rings. The summed E-state index contributed by atoms with van der Waals surface area (Å²) in [5.41, 5.74) is 8.03. The van der Waals surface area contributed by atoms with Gasteiger partial charge in [0.15, 0.2) is 0 Å². The third-order valence-corrected chi connectivity index (χ3v) is 6.20. The van der Waals surface area contributed by atoms with Crippen molar-refractivity contribution in [2.75, 3.05) is 61.0 Å². The summed E-state index contributed by atoms with van der Waals surface area (Å²) < 4.78 is 0. The molecular weight excluding hydrogens is 358 g/mol. The average molecular weight is 392 g/mol. The Bertz CT molecular complexity index is 886. The van der Waals surface area contributed by atoms with E-state index in [9.17, 15) is 0 Å². The molecule has 0 amide bonds. The second kappa shape index (κ2) is 7.97. The van der Waals surface area contributed by atoms with Crippen LogP contribution in [-0.4, -0.2) is 47.1 Å². The fraction of sp³-hybridized carbons (Fsp3) is 0.458. The molecule has 0 unspecified atom stereocenters. The van der Waals surface area contributed by atoms with E-state index < -0.39 is 0 Å². The summed E-state index contributed by atoms with van der Waals surface area (Å²) in [6.45, 7) is 4.50. The van der Waals surface area contributed by atoms with Gasteiger partial charge in [-0.15, -0.1) is 0 Å². The minimum Gasteiger partial charge on any atom is -0.376 e. The van der Waals surface area contributed by atoms with Crippen LogP contribution in [0.5, 0.6) is 0 Å². The number of aryl methyl sites for hydroxylation is 2. The Kier molecular flexibility index (Phi) is 5.39. The van der Waals surface area contributed by atoms with Crippen LogP contribution in [-0.2, 0) is 12.8 Å². The van der Waals surface area contributed by atoms with Gasteiger partial charge in [-0.1, -0.05) is 12.1 Å². The third kappa shape index (κ3) is 3.78. The fourth-order valence-electron chi connectivity index (χ4n) is 4.61. The van der Waals surface area contributed by atoms with Gasteiger partial charge < -0.3 is 14.7 Å². The molecule has 0 aliphatic carbocycles. The van der Waals surface area contributed by atoms with E-state index in [0.717, 1.165) is 11.5 Å². The van der Waals surface area contributed by atoms with Gasteiger partial charge in [0.25, 0.3) is 0 Å². The van der Waals surface area contributed by atoms with Crippen LogP contribution in [0, 0.1) is 0 Å². The van der Waals surface area contributed by atoms with E-state index in [0.29, 0.717) is 0 Å². The first kappa shape index (κ1) is 19.6. The number of hydrazone groups is 1. The lowest BCUT2D eigenvalue weighted by molar-refractivity contribution is 0.634. The number of anilines is 4. The topological polar surface area (TPSA) is 25.3 Å². The predicted molar refractivity (Wildman–Crippen MR) is 126 cm³/mol. The average Bonchev–Trinajstić information content (AvgIpc) is 2.73. The van der Waals surface area contributed by atoms with Crippen molar-refractivity contribution in [1.82, 2.24) is 0 Å². The van der Waals surface area contributed by atoms with Crippen molar-refractivity contribution in [3.05, 3.63) is 47.5 Å². The smallest absolute Gasteiger partial charge is 0.126 e. The van der Waals surface area contributed by atoms with Gasteiger partial charge >= 0.3 is 0 Å². The van der Waals surface area contributed by atoms with Crippen LogP contribution in [0.2, 0.25) is 0 Å². The maximum atomic E-state index is 4.93. The van der Waals surface area contributed by atoms with Crippen LogP contribution >= 0.6 is 0 Å². The van der Waals surface area contributed by atoms with Gasteiger partial charge in [0.2, 0.25) is 0 Å². The van der Waals surface area contributed by atoms with Crippen molar-refractivity contribution in [2.45, 2.75) is 32.6 Å². The lowest BCUT2D eigenvalue weighted by atomic mass is 9.91. The molecule has 0 radical (unpaired) electrons. The molecule has 0 N–H and O–H groups in total. The highest BCUT2D eigenvalue weighted by Gasteiger charge is 2.24. The molecule has 0 bridgehead atoms. The van der Waals surface area contributed by atoms with Crippen LogP contribution in [0.1, 0.15) is 30.9 Å². The Morgan fingerprint density at radius 2 is 1.48 bits per heavy atom. The van der Waals surface area contributed by atoms with E-state index in [1.165, 1.54) is 67.0 Å². The monoisotopic (exact) mass is 391 g/mol. The van der Waals surface area contributed by atoms with Crippen LogP contribution < -0.4 is 19.7 Å². The van der Waals surface area contributed by atoms with Gasteiger partial charge in [-0.2, -0.15) is 5.10 Å². The van der Waals surface area contributed by atoms with Crippen molar-refractivity contribution in [3.8, 4) is 0 Å². The zero-order chi connectivity index (χ0) is 20.5. The molecule has 29 heavy (non-hydrogen) atoms. The highest BCUT2D eigenvalue weighted by Crippen LogP contribution is 2.38. The number of hydrogen-bond donors (Lipinski definition) is 0. The summed E-state index contributed by atoms with van der Waals surface area (Å²) in [5, 5.41) is 6.97. The van der Waals surface area contributed by atoms with Crippen LogP contribution in [0.15, 0.2) is 41.5 Å². The number of hydrogen-bond acceptors (Lipinski definition) is 4. The predicted octanol–water partition coefficient (Wildman–Crippen LogP) is 4.36. The molecule has 0 saturated heterocycles. The largest absolute Gasteiger partial charge is 0.376 e. The Morgan fingerprint density at radius 3 is 2.07 bits per heavy atom. The van der Waals surface area contributed by atoms with Crippen molar-refractivity contribution < 1.29 is 0 Å². The Hall–Kier alpha value is -2.69. The minimum atomic E-state index is 0.967. The highest BCUT2D eigenvalue weighted by atomic mass is 15.5. The molecule has 5 heteroatoms. The van der Waals surface area contributed by atoms with Crippen LogP contribution in [0.3, 0.4) is 0 Å². The van der Waals surface area contributed by atoms with Crippen molar-refractivity contribution in [2.24, 2.45) is 5.10 Å². The Balaban J connectivity index is 1.62. The normalized spacial score (nSPS) is 15.8. The van der Waals surface area contributed by atoms with Gasteiger partial charge in [0, 0.05) is 47.0 Å². The van der Waals surface area contributed by atoms with Crippen LogP contribution in [0.4, 0.5) is 22.7 Å². The van der Waals surface area contributed by atoms with E-state index in [1.807, 2.05) is 5.01 Å². The molecule has 4 rings (SSSR count). The lowest BCUT2D eigenvalue weighted by Gasteiger charge is -2.37. The zero-order valence-electron chi connectivity index (χ0n) is 18.4. The molecule has 0 aromatic heterocycles. The number of benzene rings is 2. The number of nitrogens with zero attached hydrogens (tertiary/aromatic N) is 5. The lowest BCUT2D eigenvalue weighted by Crippen LogP contribution is -2.34. The van der Waals surface area contributed by atoms with Crippen LogP contribution in [0.25, 0.3) is 0 Å². The molecular formula is C24H33N5. The first-order valence-corrected chi connectivity index (χ1v) is 10.7. The van der Waals surface area contributed by atoms with Gasteiger partial charge in [-0.05, 0) is 68.0 Å². The van der Waals surface area contributed by atoms with E-state index in [4.69, 9.17) is 5.10 Å². The maximum absolute atomic E-state index is 4.93. The standard InChI is InChI=1S/C24H33N5/c1-18(27(4)23-13-7-6-12-22(23)26(2)3)25-28(5)21-16-19-10-8-14-29-15-9-11-20(17-21)24(19)29/h6-7,12-13,16-17H,8-11,14-15H2,1-5H3/b25-18+. The van der Waals surface area contributed by atoms with Crippen molar-refractivity contribution in [3.63, 3.8) is 0 Å². The van der Waals surface area contributed by atoms with E-state index in [2.05, 4.69) is 86.2 Å².